The number of nitrogens with zero attached hydrogens (tertiary/aromatic N) is 1. The van der Waals surface area contributed by atoms with E-state index in [0.29, 0.717) is 6.04 Å². The fourth-order valence-electron chi connectivity index (χ4n) is 3.12. The van der Waals surface area contributed by atoms with Gasteiger partial charge in [-0.25, -0.2) is 0 Å². The van der Waals surface area contributed by atoms with Gasteiger partial charge in [-0.1, -0.05) is 32.0 Å². The van der Waals surface area contributed by atoms with Crippen molar-refractivity contribution in [2.45, 2.75) is 52.5 Å². The molecule has 0 spiro atoms. The Labute approximate surface area is 124 Å². The summed E-state index contributed by atoms with van der Waals surface area (Å²) in [5.41, 5.74) is 4.62. The van der Waals surface area contributed by atoms with E-state index < -0.39 is 0 Å². The standard InChI is InChI=1S/C18H30N2/c1-4-20(5-2)13-12-19-15(3)17-11-10-16-8-6-7-9-18(16)14-17/h10-11,14-15,19H,4-9,12-13H2,1-3H3. The van der Waals surface area contributed by atoms with Gasteiger partial charge < -0.3 is 10.2 Å². The lowest BCUT2D eigenvalue weighted by atomic mass is 9.89. The van der Waals surface area contributed by atoms with Crippen molar-refractivity contribution in [1.29, 1.82) is 0 Å². The van der Waals surface area contributed by atoms with Gasteiger partial charge in [0.25, 0.3) is 0 Å². The minimum atomic E-state index is 0.456. The highest BCUT2D eigenvalue weighted by Crippen LogP contribution is 2.24. The normalized spacial score (nSPS) is 16.2. The first-order valence-electron chi connectivity index (χ1n) is 8.32. The highest BCUT2D eigenvalue weighted by atomic mass is 15.1. The van der Waals surface area contributed by atoms with E-state index in [4.69, 9.17) is 0 Å². The molecule has 2 heteroatoms. The van der Waals surface area contributed by atoms with Crippen molar-refractivity contribution in [3.05, 3.63) is 34.9 Å². The number of hydrogen-bond donors (Lipinski definition) is 1. The molecule has 0 fully saturated rings. The zero-order chi connectivity index (χ0) is 14.4. The second-order valence-corrected chi connectivity index (χ2v) is 5.94. The van der Waals surface area contributed by atoms with Crippen LogP contribution in [0.25, 0.3) is 0 Å². The summed E-state index contributed by atoms with van der Waals surface area (Å²) in [6, 6.07) is 7.56. The average molecular weight is 274 g/mol. The zero-order valence-corrected chi connectivity index (χ0v) is 13.4. The molecule has 1 N–H and O–H groups in total. The van der Waals surface area contributed by atoms with Crippen molar-refractivity contribution in [2.24, 2.45) is 0 Å². The van der Waals surface area contributed by atoms with Crippen LogP contribution in [-0.2, 0) is 12.8 Å². The largest absolute Gasteiger partial charge is 0.309 e. The summed E-state index contributed by atoms with van der Waals surface area (Å²) >= 11 is 0. The number of likely N-dealkylation sites (N-methyl/N-ethyl adjacent to an activating group) is 1. The van der Waals surface area contributed by atoms with Crippen LogP contribution >= 0.6 is 0 Å². The maximum absolute atomic E-state index is 3.66. The molecule has 1 aliphatic carbocycles. The molecule has 1 aromatic rings. The van der Waals surface area contributed by atoms with Crippen LogP contribution in [-0.4, -0.2) is 31.1 Å². The average Bonchev–Trinajstić information content (AvgIpc) is 2.51. The van der Waals surface area contributed by atoms with E-state index in [1.807, 2.05) is 0 Å². The Balaban J connectivity index is 1.87. The van der Waals surface area contributed by atoms with Crippen molar-refractivity contribution >= 4 is 0 Å². The molecule has 0 bridgehead atoms. The second-order valence-electron chi connectivity index (χ2n) is 5.94. The number of fused-ring (bicyclic) bond motifs is 1. The Kier molecular flexibility index (Phi) is 6.06. The van der Waals surface area contributed by atoms with Gasteiger partial charge in [0.2, 0.25) is 0 Å². The number of nitrogens with one attached hydrogen (secondary N) is 1. The molecule has 1 unspecified atom stereocenters. The van der Waals surface area contributed by atoms with E-state index >= 15 is 0 Å². The number of aryl methyl sites for hydroxylation is 2. The summed E-state index contributed by atoms with van der Waals surface area (Å²) < 4.78 is 0. The molecular weight excluding hydrogens is 244 g/mol. The molecule has 1 aromatic carbocycles. The molecule has 2 nitrogen and oxygen atoms in total. The first kappa shape index (κ1) is 15.5. The molecule has 0 saturated heterocycles. The van der Waals surface area contributed by atoms with Gasteiger partial charge in [-0.05, 0) is 62.4 Å². The highest BCUT2D eigenvalue weighted by molar-refractivity contribution is 5.35. The molecule has 0 aliphatic heterocycles. The number of hydrogen-bond acceptors (Lipinski definition) is 2. The molecule has 0 aromatic heterocycles. The summed E-state index contributed by atoms with van der Waals surface area (Å²) in [5, 5.41) is 3.66. The molecule has 0 radical (unpaired) electrons. The van der Waals surface area contributed by atoms with Crippen molar-refractivity contribution in [3.63, 3.8) is 0 Å². The maximum atomic E-state index is 3.66. The van der Waals surface area contributed by atoms with E-state index in [2.05, 4.69) is 49.2 Å². The Hall–Kier alpha value is -0.860. The van der Waals surface area contributed by atoms with Gasteiger partial charge in [0, 0.05) is 19.1 Å². The Bertz CT molecular complexity index is 410. The highest BCUT2D eigenvalue weighted by Gasteiger charge is 2.12. The van der Waals surface area contributed by atoms with Crippen molar-refractivity contribution in [3.8, 4) is 0 Å². The third kappa shape index (κ3) is 4.07. The lowest BCUT2D eigenvalue weighted by Crippen LogP contribution is -2.33. The number of benzene rings is 1. The lowest BCUT2D eigenvalue weighted by Gasteiger charge is -2.22. The second kappa shape index (κ2) is 7.80. The van der Waals surface area contributed by atoms with Crippen LogP contribution in [0.15, 0.2) is 18.2 Å². The minimum Gasteiger partial charge on any atom is -0.309 e. The Morgan fingerprint density at radius 2 is 1.80 bits per heavy atom. The molecule has 0 saturated carbocycles. The Morgan fingerprint density at radius 3 is 2.50 bits per heavy atom. The van der Waals surface area contributed by atoms with Crippen molar-refractivity contribution in [2.75, 3.05) is 26.2 Å². The molecule has 0 amide bonds. The summed E-state index contributed by atoms with van der Waals surface area (Å²) in [7, 11) is 0. The molecule has 0 heterocycles. The van der Waals surface area contributed by atoms with Crippen LogP contribution in [0.5, 0.6) is 0 Å². The third-order valence-corrected chi connectivity index (χ3v) is 4.65. The SMILES string of the molecule is CCN(CC)CCNC(C)c1ccc2c(c1)CCCC2. The fraction of sp³-hybridized carbons (Fsp3) is 0.667. The monoisotopic (exact) mass is 274 g/mol. The van der Waals surface area contributed by atoms with E-state index in [9.17, 15) is 0 Å². The first-order chi connectivity index (χ1) is 9.74. The summed E-state index contributed by atoms with van der Waals surface area (Å²) in [6.45, 7) is 11.2. The van der Waals surface area contributed by atoms with Crippen LogP contribution in [0.3, 0.4) is 0 Å². The Morgan fingerprint density at radius 1 is 1.10 bits per heavy atom. The van der Waals surface area contributed by atoms with Gasteiger partial charge >= 0.3 is 0 Å². The van der Waals surface area contributed by atoms with Gasteiger partial charge in [-0.2, -0.15) is 0 Å². The van der Waals surface area contributed by atoms with Crippen LogP contribution in [0, 0.1) is 0 Å². The quantitative estimate of drug-likeness (QED) is 0.818. The molecule has 2 rings (SSSR count). The summed E-state index contributed by atoms with van der Waals surface area (Å²) in [5.74, 6) is 0. The molecule has 1 aliphatic rings. The molecule has 112 valence electrons. The van der Waals surface area contributed by atoms with Gasteiger partial charge in [0.1, 0.15) is 0 Å². The van der Waals surface area contributed by atoms with Gasteiger partial charge in [0.05, 0.1) is 0 Å². The fourth-order valence-corrected chi connectivity index (χ4v) is 3.12. The van der Waals surface area contributed by atoms with Crippen LogP contribution < -0.4 is 5.32 Å². The first-order valence-corrected chi connectivity index (χ1v) is 8.32. The predicted octanol–water partition coefficient (Wildman–Crippen LogP) is 3.56. The maximum Gasteiger partial charge on any atom is 0.0292 e. The third-order valence-electron chi connectivity index (χ3n) is 4.65. The lowest BCUT2D eigenvalue weighted by molar-refractivity contribution is 0.298. The van der Waals surface area contributed by atoms with E-state index in [-0.39, 0.29) is 0 Å². The van der Waals surface area contributed by atoms with Gasteiger partial charge in [-0.3, -0.25) is 0 Å². The molecular formula is C18H30N2. The number of rotatable bonds is 7. The van der Waals surface area contributed by atoms with Gasteiger partial charge in [0.15, 0.2) is 0 Å². The van der Waals surface area contributed by atoms with E-state index in [0.717, 1.165) is 26.2 Å². The van der Waals surface area contributed by atoms with Crippen molar-refractivity contribution in [1.82, 2.24) is 10.2 Å². The zero-order valence-electron chi connectivity index (χ0n) is 13.4. The summed E-state index contributed by atoms with van der Waals surface area (Å²) in [6.07, 6.45) is 5.28. The van der Waals surface area contributed by atoms with E-state index in [1.54, 1.807) is 11.1 Å². The van der Waals surface area contributed by atoms with E-state index in [1.165, 1.54) is 31.2 Å². The smallest absolute Gasteiger partial charge is 0.0292 e. The van der Waals surface area contributed by atoms with Crippen LogP contribution in [0.1, 0.15) is 56.3 Å². The van der Waals surface area contributed by atoms with Crippen LogP contribution in [0.2, 0.25) is 0 Å². The molecule has 20 heavy (non-hydrogen) atoms. The minimum absolute atomic E-state index is 0.456. The topological polar surface area (TPSA) is 15.3 Å². The van der Waals surface area contributed by atoms with Gasteiger partial charge in [-0.15, -0.1) is 0 Å². The van der Waals surface area contributed by atoms with Crippen LogP contribution in [0.4, 0.5) is 0 Å². The molecule has 1 atom stereocenters. The predicted molar refractivity (Wildman–Crippen MR) is 87.3 cm³/mol. The summed E-state index contributed by atoms with van der Waals surface area (Å²) in [4.78, 5) is 2.46. The van der Waals surface area contributed by atoms with Crippen molar-refractivity contribution < 1.29 is 0 Å².